The highest BCUT2D eigenvalue weighted by atomic mass is 14.8. The van der Waals surface area contributed by atoms with Crippen molar-refractivity contribution in [2.45, 2.75) is 51.9 Å². The molecule has 1 aromatic heterocycles. The van der Waals surface area contributed by atoms with Crippen LogP contribution in [0.4, 0.5) is 0 Å². The molecule has 1 heterocycles. The highest BCUT2D eigenvalue weighted by molar-refractivity contribution is 5.26. The van der Waals surface area contributed by atoms with Crippen molar-refractivity contribution in [3.05, 3.63) is 29.6 Å². The van der Waals surface area contributed by atoms with Crippen LogP contribution in [0.25, 0.3) is 0 Å². The van der Waals surface area contributed by atoms with E-state index in [2.05, 4.69) is 36.4 Å². The van der Waals surface area contributed by atoms with Gasteiger partial charge in [0.2, 0.25) is 0 Å². The summed E-state index contributed by atoms with van der Waals surface area (Å²) in [7, 11) is 0. The van der Waals surface area contributed by atoms with Crippen molar-refractivity contribution in [2.75, 3.05) is 13.1 Å². The van der Waals surface area contributed by atoms with Gasteiger partial charge in [0.05, 0.1) is 0 Å². The van der Waals surface area contributed by atoms with Crippen LogP contribution in [0.3, 0.4) is 0 Å². The fourth-order valence-electron chi connectivity index (χ4n) is 3.23. The van der Waals surface area contributed by atoms with Gasteiger partial charge < -0.3 is 5.32 Å². The molecule has 1 fully saturated rings. The summed E-state index contributed by atoms with van der Waals surface area (Å²) in [4.78, 5) is 4.35. The Morgan fingerprint density at radius 1 is 1.28 bits per heavy atom. The number of hydrogen-bond donors (Lipinski definition) is 1. The van der Waals surface area contributed by atoms with Gasteiger partial charge in [0.1, 0.15) is 0 Å². The number of pyridine rings is 1. The quantitative estimate of drug-likeness (QED) is 0.820. The lowest BCUT2D eigenvalue weighted by molar-refractivity contribution is 0.377. The Bertz CT molecular complexity index is 362. The first kappa shape index (κ1) is 13.5. The normalized spacial score (nSPS) is 24.8. The molecule has 2 unspecified atom stereocenters. The second-order valence-electron chi connectivity index (χ2n) is 5.54. The molecule has 2 heteroatoms. The minimum absolute atomic E-state index is 0.709. The third-order valence-electron chi connectivity index (χ3n) is 4.29. The van der Waals surface area contributed by atoms with Crippen molar-refractivity contribution in [2.24, 2.45) is 5.92 Å². The first-order valence-electron chi connectivity index (χ1n) is 7.44. The molecule has 18 heavy (non-hydrogen) atoms. The topological polar surface area (TPSA) is 24.9 Å². The lowest BCUT2D eigenvalue weighted by Crippen LogP contribution is -2.27. The smallest absolute Gasteiger partial charge is 0.0305 e. The molecule has 1 N–H and O–H groups in total. The minimum Gasteiger partial charge on any atom is -0.317 e. The summed E-state index contributed by atoms with van der Waals surface area (Å²) in [6.07, 6.45) is 10.9. The van der Waals surface area contributed by atoms with E-state index in [1.807, 2.05) is 6.20 Å². The van der Waals surface area contributed by atoms with Gasteiger partial charge in [-0.1, -0.05) is 26.2 Å². The van der Waals surface area contributed by atoms with Gasteiger partial charge in [0.25, 0.3) is 0 Å². The summed E-state index contributed by atoms with van der Waals surface area (Å²) < 4.78 is 0. The molecule has 0 bridgehead atoms. The van der Waals surface area contributed by atoms with E-state index in [0.29, 0.717) is 5.92 Å². The molecule has 0 amide bonds. The Morgan fingerprint density at radius 3 is 2.89 bits per heavy atom. The second-order valence-corrected chi connectivity index (χ2v) is 5.54. The van der Waals surface area contributed by atoms with E-state index in [1.165, 1.54) is 43.2 Å². The minimum atomic E-state index is 0.709. The van der Waals surface area contributed by atoms with E-state index in [-0.39, 0.29) is 0 Å². The number of aryl methyl sites for hydroxylation is 1. The van der Waals surface area contributed by atoms with Gasteiger partial charge in [0.15, 0.2) is 0 Å². The molecule has 2 rings (SSSR count). The maximum absolute atomic E-state index is 4.35. The van der Waals surface area contributed by atoms with E-state index in [9.17, 15) is 0 Å². The van der Waals surface area contributed by atoms with Crippen LogP contribution in [0, 0.1) is 12.8 Å². The molecule has 100 valence electrons. The SMILES string of the molecule is CCNCC1CCCCCC1c1cnccc1C. The largest absolute Gasteiger partial charge is 0.317 e. The first-order valence-corrected chi connectivity index (χ1v) is 7.44. The molecule has 1 aromatic rings. The van der Waals surface area contributed by atoms with Gasteiger partial charge in [-0.15, -0.1) is 0 Å². The van der Waals surface area contributed by atoms with Crippen molar-refractivity contribution < 1.29 is 0 Å². The Hall–Kier alpha value is -0.890. The van der Waals surface area contributed by atoms with Crippen molar-refractivity contribution in [3.63, 3.8) is 0 Å². The van der Waals surface area contributed by atoms with Gasteiger partial charge in [-0.2, -0.15) is 0 Å². The van der Waals surface area contributed by atoms with Crippen LogP contribution in [0.1, 0.15) is 56.1 Å². The van der Waals surface area contributed by atoms with Crippen molar-refractivity contribution >= 4 is 0 Å². The fraction of sp³-hybridized carbons (Fsp3) is 0.688. The highest BCUT2D eigenvalue weighted by Crippen LogP contribution is 2.37. The molecule has 1 aliphatic rings. The molecule has 0 saturated heterocycles. The summed E-state index contributed by atoms with van der Waals surface area (Å²) in [5.74, 6) is 1.50. The van der Waals surface area contributed by atoms with Gasteiger partial charge >= 0.3 is 0 Å². The Balaban J connectivity index is 2.17. The van der Waals surface area contributed by atoms with E-state index in [1.54, 1.807) is 0 Å². The van der Waals surface area contributed by atoms with E-state index in [4.69, 9.17) is 0 Å². The molecule has 2 atom stereocenters. The third-order valence-corrected chi connectivity index (χ3v) is 4.29. The second kappa shape index (κ2) is 6.89. The molecule has 0 radical (unpaired) electrons. The zero-order valence-corrected chi connectivity index (χ0v) is 11.8. The van der Waals surface area contributed by atoms with Crippen molar-refractivity contribution in [1.29, 1.82) is 0 Å². The van der Waals surface area contributed by atoms with Crippen LogP contribution in [0.15, 0.2) is 18.5 Å². The predicted octanol–water partition coefficient (Wildman–Crippen LogP) is 3.66. The van der Waals surface area contributed by atoms with Crippen molar-refractivity contribution in [1.82, 2.24) is 10.3 Å². The molecule has 1 saturated carbocycles. The van der Waals surface area contributed by atoms with E-state index >= 15 is 0 Å². The average molecular weight is 246 g/mol. The Kier molecular flexibility index (Phi) is 5.18. The number of hydrogen-bond acceptors (Lipinski definition) is 2. The molecule has 1 aliphatic carbocycles. The van der Waals surface area contributed by atoms with Gasteiger partial charge in [-0.05, 0) is 61.9 Å². The number of rotatable bonds is 4. The van der Waals surface area contributed by atoms with Crippen LogP contribution in [-0.2, 0) is 0 Å². The molecular formula is C16H26N2. The van der Waals surface area contributed by atoms with Gasteiger partial charge in [-0.3, -0.25) is 4.98 Å². The predicted molar refractivity (Wildman–Crippen MR) is 76.8 cm³/mol. The van der Waals surface area contributed by atoms with Crippen LogP contribution in [0.2, 0.25) is 0 Å². The Morgan fingerprint density at radius 2 is 2.11 bits per heavy atom. The fourth-order valence-corrected chi connectivity index (χ4v) is 3.23. The van der Waals surface area contributed by atoms with Crippen LogP contribution in [-0.4, -0.2) is 18.1 Å². The van der Waals surface area contributed by atoms with Gasteiger partial charge in [0, 0.05) is 12.4 Å². The number of nitrogens with zero attached hydrogens (tertiary/aromatic N) is 1. The maximum Gasteiger partial charge on any atom is 0.0305 e. The third kappa shape index (κ3) is 3.32. The van der Waals surface area contributed by atoms with Crippen LogP contribution < -0.4 is 5.32 Å². The molecule has 0 aliphatic heterocycles. The molecule has 2 nitrogen and oxygen atoms in total. The summed E-state index contributed by atoms with van der Waals surface area (Å²) in [6.45, 7) is 6.66. The average Bonchev–Trinajstić information content (AvgIpc) is 2.62. The zero-order valence-electron chi connectivity index (χ0n) is 11.8. The zero-order chi connectivity index (χ0) is 12.8. The number of aromatic nitrogens is 1. The monoisotopic (exact) mass is 246 g/mol. The lowest BCUT2D eigenvalue weighted by atomic mass is 9.81. The maximum atomic E-state index is 4.35. The van der Waals surface area contributed by atoms with Crippen LogP contribution in [0.5, 0.6) is 0 Å². The molecular weight excluding hydrogens is 220 g/mol. The Labute approximate surface area is 111 Å². The summed E-state index contributed by atoms with van der Waals surface area (Å²) in [5.41, 5.74) is 2.90. The van der Waals surface area contributed by atoms with E-state index in [0.717, 1.165) is 19.0 Å². The lowest BCUT2D eigenvalue weighted by Gasteiger charge is -2.26. The standard InChI is InChI=1S/C16H26N2/c1-3-17-11-14-7-5-4-6-8-15(14)16-12-18-10-9-13(16)2/h9-10,12,14-15,17H,3-8,11H2,1-2H3. The molecule has 0 spiro atoms. The van der Waals surface area contributed by atoms with Crippen molar-refractivity contribution in [3.8, 4) is 0 Å². The van der Waals surface area contributed by atoms with E-state index < -0.39 is 0 Å². The number of nitrogens with one attached hydrogen (secondary N) is 1. The summed E-state index contributed by atoms with van der Waals surface area (Å²) in [6, 6.07) is 2.16. The summed E-state index contributed by atoms with van der Waals surface area (Å²) in [5, 5.41) is 3.54. The summed E-state index contributed by atoms with van der Waals surface area (Å²) >= 11 is 0. The highest BCUT2D eigenvalue weighted by Gasteiger charge is 2.25. The van der Waals surface area contributed by atoms with Gasteiger partial charge in [-0.25, -0.2) is 0 Å². The first-order chi connectivity index (χ1) is 8.83. The molecule has 0 aromatic carbocycles. The van der Waals surface area contributed by atoms with Crippen LogP contribution >= 0.6 is 0 Å².